The van der Waals surface area contributed by atoms with E-state index in [-0.39, 0.29) is 23.3 Å². The maximum atomic E-state index is 14.0. The van der Waals surface area contributed by atoms with Crippen molar-refractivity contribution in [3.8, 4) is 0 Å². The standard InChI is InChI=1S/C15H16F4N4O/c16-11-3-1-2-10-12(11)20-14(15(17,18)19)21-13(10)23-6-4-22(5-7-23)8-9-24/h1-3,24H,4-9H2. The van der Waals surface area contributed by atoms with Crippen molar-refractivity contribution in [1.82, 2.24) is 14.9 Å². The van der Waals surface area contributed by atoms with Gasteiger partial charge in [-0.3, -0.25) is 4.90 Å². The topological polar surface area (TPSA) is 52.5 Å². The average molecular weight is 344 g/mol. The molecule has 0 atom stereocenters. The zero-order valence-electron chi connectivity index (χ0n) is 12.7. The van der Waals surface area contributed by atoms with Gasteiger partial charge < -0.3 is 10.0 Å². The zero-order chi connectivity index (χ0) is 17.3. The van der Waals surface area contributed by atoms with Crippen molar-refractivity contribution in [2.24, 2.45) is 0 Å². The number of nitrogens with zero attached hydrogens (tertiary/aromatic N) is 4. The Balaban J connectivity index is 2.02. The van der Waals surface area contributed by atoms with Crippen LogP contribution in [0, 0.1) is 5.82 Å². The second-order valence-corrected chi connectivity index (χ2v) is 5.56. The first kappa shape index (κ1) is 16.8. The Morgan fingerprint density at radius 2 is 1.79 bits per heavy atom. The monoisotopic (exact) mass is 344 g/mol. The SMILES string of the molecule is OCCN1CCN(c2nc(C(F)(F)F)nc3c(F)cccc23)CC1. The molecule has 1 aromatic carbocycles. The summed E-state index contributed by atoms with van der Waals surface area (Å²) in [5.74, 6) is -2.05. The summed E-state index contributed by atoms with van der Waals surface area (Å²) in [5, 5.41) is 9.22. The van der Waals surface area contributed by atoms with Crippen LogP contribution in [-0.4, -0.2) is 59.3 Å². The zero-order valence-corrected chi connectivity index (χ0v) is 12.7. The van der Waals surface area contributed by atoms with Crippen molar-refractivity contribution in [2.45, 2.75) is 6.18 Å². The van der Waals surface area contributed by atoms with E-state index in [0.29, 0.717) is 32.7 Å². The molecule has 0 amide bonds. The van der Waals surface area contributed by atoms with Crippen molar-refractivity contribution >= 4 is 16.7 Å². The molecule has 0 bridgehead atoms. The molecule has 0 spiro atoms. The van der Waals surface area contributed by atoms with Crippen LogP contribution < -0.4 is 4.90 Å². The lowest BCUT2D eigenvalue weighted by molar-refractivity contribution is -0.144. The Kier molecular flexibility index (Phi) is 4.55. The third-order valence-electron chi connectivity index (χ3n) is 4.00. The second kappa shape index (κ2) is 6.48. The molecule has 1 fully saturated rings. The number of aliphatic hydroxyl groups is 1. The summed E-state index contributed by atoms with van der Waals surface area (Å²) in [5.41, 5.74) is -0.326. The van der Waals surface area contributed by atoms with Gasteiger partial charge in [0.25, 0.3) is 0 Å². The molecule has 1 saturated heterocycles. The number of hydrogen-bond acceptors (Lipinski definition) is 5. The molecule has 24 heavy (non-hydrogen) atoms. The molecular formula is C15H16F4N4O. The number of hydrogen-bond donors (Lipinski definition) is 1. The van der Waals surface area contributed by atoms with Crippen LogP contribution in [0.2, 0.25) is 0 Å². The average Bonchev–Trinajstić information content (AvgIpc) is 2.55. The Bertz CT molecular complexity index is 729. The minimum absolute atomic E-state index is 0.0276. The number of anilines is 1. The molecule has 0 unspecified atom stereocenters. The summed E-state index contributed by atoms with van der Waals surface area (Å²) >= 11 is 0. The number of halogens is 4. The Morgan fingerprint density at radius 3 is 2.42 bits per heavy atom. The highest BCUT2D eigenvalue weighted by atomic mass is 19.4. The number of β-amino-alcohol motifs (C(OH)–C–C–N with tert-alkyl or cyclic N) is 1. The lowest BCUT2D eigenvalue weighted by atomic mass is 10.2. The molecule has 5 nitrogen and oxygen atoms in total. The molecule has 2 aromatic rings. The molecule has 3 rings (SSSR count). The minimum Gasteiger partial charge on any atom is -0.395 e. The summed E-state index contributed by atoms with van der Waals surface area (Å²) in [6.07, 6.45) is -4.75. The van der Waals surface area contributed by atoms with Crippen LogP contribution in [0.1, 0.15) is 5.82 Å². The van der Waals surface area contributed by atoms with Gasteiger partial charge in [-0.1, -0.05) is 6.07 Å². The van der Waals surface area contributed by atoms with E-state index in [1.165, 1.54) is 12.1 Å². The van der Waals surface area contributed by atoms with Crippen LogP contribution in [0.25, 0.3) is 10.9 Å². The fraction of sp³-hybridized carbons (Fsp3) is 0.467. The molecule has 130 valence electrons. The number of alkyl halides is 3. The Hall–Kier alpha value is -2.00. The molecular weight excluding hydrogens is 328 g/mol. The van der Waals surface area contributed by atoms with Crippen LogP contribution in [0.15, 0.2) is 18.2 Å². The number of piperazine rings is 1. The van der Waals surface area contributed by atoms with Gasteiger partial charge in [0.2, 0.25) is 5.82 Å². The quantitative estimate of drug-likeness (QED) is 0.862. The van der Waals surface area contributed by atoms with E-state index in [2.05, 4.69) is 9.97 Å². The number of fused-ring (bicyclic) bond motifs is 1. The van der Waals surface area contributed by atoms with E-state index in [1.54, 1.807) is 4.90 Å². The number of para-hydroxylation sites is 1. The third kappa shape index (κ3) is 3.27. The van der Waals surface area contributed by atoms with E-state index in [0.717, 1.165) is 6.07 Å². The summed E-state index contributed by atoms with van der Waals surface area (Å²) < 4.78 is 53.1. The molecule has 1 aliphatic heterocycles. The van der Waals surface area contributed by atoms with Crippen molar-refractivity contribution in [3.05, 3.63) is 29.8 Å². The highest BCUT2D eigenvalue weighted by molar-refractivity contribution is 5.90. The van der Waals surface area contributed by atoms with Crippen molar-refractivity contribution in [1.29, 1.82) is 0 Å². The maximum absolute atomic E-state index is 14.0. The first-order valence-corrected chi connectivity index (χ1v) is 7.52. The van der Waals surface area contributed by atoms with Gasteiger partial charge in [0.15, 0.2) is 0 Å². The largest absolute Gasteiger partial charge is 0.451 e. The van der Waals surface area contributed by atoms with Gasteiger partial charge in [-0.25, -0.2) is 14.4 Å². The van der Waals surface area contributed by atoms with Gasteiger partial charge in [-0.05, 0) is 12.1 Å². The second-order valence-electron chi connectivity index (χ2n) is 5.56. The van der Waals surface area contributed by atoms with Crippen LogP contribution in [0.5, 0.6) is 0 Å². The number of aliphatic hydroxyl groups excluding tert-OH is 1. The van der Waals surface area contributed by atoms with Crippen LogP contribution >= 0.6 is 0 Å². The highest BCUT2D eigenvalue weighted by Crippen LogP contribution is 2.32. The van der Waals surface area contributed by atoms with E-state index in [4.69, 9.17) is 5.11 Å². The fourth-order valence-electron chi connectivity index (χ4n) is 2.79. The predicted octanol–water partition coefficient (Wildman–Crippen LogP) is 1.90. The van der Waals surface area contributed by atoms with Crippen LogP contribution in [-0.2, 0) is 6.18 Å². The normalized spacial score (nSPS) is 16.8. The number of benzene rings is 1. The summed E-state index contributed by atoms with van der Waals surface area (Å²) in [4.78, 5) is 10.7. The maximum Gasteiger partial charge on any atom is 0.451 e. The Labute approximate surface area is 135 Å². The lowest BCUT2D eigenvalue weighted by Crippen LogP contribution is -2.47. The van der Waals surface area contributed by atoms with Crippen molar-refractivity contribution in [2.75, 3.05) is 44.2 Å². The van der Waals surface area contributed by atoms with Crippen molar-refractivity contribution in [3.63, 3.8) is 0 Å². The van der Waals surface area contributed by atoms with Gasteiger partial charge in [0, 0.05) is 38.1 Å². The molecule has 0 saturated carbocycles. The molecule has 1 aromatic heterocycles. The highest BCUT2D eigenvalue weighted by Gasteiger charge is 2.36. The summed E-state index contributed by atoms with van der Waals surface area (Å²) in [7, 11) is 0. The van der Waals surface area contributed by atoms with Gasteiger partial charge >= 0.3 is 6.18 Å². The molecule has 0 aliphatic carbocycles. The van der Waals surface area contributed by atoms with Gasteiger partial charge in [0.1, 0.15) is 17.2 Å². The van der Waals surface area contributed by atoms with E-state index in [9.17, 15) is 17.6 Å². The predicted molar refractivity (Wildman–Crippen MR) is 80.2 cm³/mol. The first-order chi connectivity index (χ1) is 11.4. The third-order valence-corrected chi connectivity index (χ3v) is 4.00. The summed E-state index contributed by atoms with van der Waals surface area (Å²) in [6, 6.07) is 4.03. The lowest BCUT2D eigenvalue weighted by Gasteiger charge is -2.35. The number of rotatable bonds is 3. The first-order valence-electron chi connectivity index (χ1n) is 7.52. The fourth-order valence-corrected chi connectivity index (χ4v) is 2.79. The molecule has 0 radical (unpaired) electrons. The van der Waals surface area contributed by atoms with E-state index in [1.807, 2.05) is 4.90 Å². The smallest absolute Gasteiger partial charge is 0.395 e. The van der Waals surface area contributed by atoms with E-state index >= 15 is 0 Å². The molecule has 1 N–H and O–H groups in total. The Morgan fingerprint density at radius 1 is 1.08 bits per heavy atom. The van der Waals surface area contributed by atoms with Gasteiger partial charge in [-0.2, -0.15) is 13.2 Å². The minimum atomic E-state index is -4.75. The molecule has 2 heterocycles. The number of aromatic nitrogens is 2. The molecule has 1 aliphatic rings. The molecule has 9 heteroatoms. The van der Waals surface area contributed by atoms with Crippen molar-refractivity contribution < 1.29 is 22.7 Å². The van der Waals surface area contributed by atoms with E-state index < -0.39 is 17.8 Å². The summed E-state index contributed by atoms with van der Waals surface area (Å²) in [6.45, 7) is 2.60. The van der Waals surface area contributed by atoms with Crippen LogP contribution in [0.3, 0.4) is 0 Å². The van der Waals surface area contributed by atoms with Gasteiger partial charge in [0.05, 0.1) is 6.61 Å². The van der Waals surface area contributed by atoms with Gasteiger partial charge in [-0.15, -0.1) is 0 Å². The van der Waals surface area contributed by atoms with Crippen LogP contribution in [0.4, 0.5) is 23.4 Å².